The van der Waals surface area contributed by atoms with Gasteiger partial charge in [-0.3, -0.25) is 4.79 Å². The van der Waals surface area contributed by atoms with Crippen molar-refractivity contribution >= 4 is 5.91 Å². The highest BCUT2D eigenvalue weighted by molar-refractivity contribution is 5.76. The zero-order valence-electron chi connectivity index (χ0n) is 15.4. The Morgan fingerprint density at radius 3 is 2.31 bits per heavy atom. The van der Waals surface area contributed by atoms with Gasteiger partial charge in [-0.2, -0.15) is 5.10 Å². The zero-order chi connectivity index (χ0) is 18.4. The second kappa shape index (κ2) is 8.48. The van der Waals surface area contributed by atoms with Gasteiger partial charge in [-0.25, -0.2) is 4.68 Å². The molecule has 0 fully saturated rings. The standard InChI is InChI=1S/C22H25N3O/c1-18(2)24(16-19-9-5-3-6-10-19)22(26)14-13-20-15-23-25(17-20)21-11-7-4-8-12-21/h3-12,15,17-18H,13-14,16H2,1-2H3. The van der Waals surface area contributed by atoms with Gasteiger partial charge in [0.05, 0.1) is 11.9 Å². The van der Waals surface area contributed by atoms with Gasteiger partial charge in [0.15, 0.2) is 0 Å². The topological polar surface area (TPSA) is 38.1 Å². The maximum Gasteiger partial charge on any atom is 0.223 e. The minimum atomic E-state index is 0.176. The minimum Gasteiger partial charge on any atom is -0.336 e. The van der Waals surface area contributed by atoms with Crippen LogP contribution < -0.4 is 0 Å². The quantitative estimate of drug-likeness (QED) is 0.641. The van der Waals surface area contributed by atoms with E-state index < -0.39 is 0 Å². The van der Waals surface area contributed by atoms with Crippen LogP contribution in [0.15, 0.2) is 73.1 Å². The summed E-state index contributed by atoms with van der Waals surface area (Å²) in [5, 5.41) is 4.40. The van der Waals surface area contributed by atoms with Crippen LogP contribution in [-0.4, -0.2) is 26.6 Å². The third-order valence-corrected chi connectivity index (χ3v) is 4.42. The summed E-state index contributed by atoms with van der Waals surface area (Å²) < 4.78 is 1.85. The summed E-state index contributed by atoms with van der Waals surface area (Å²) in [4.78, 5) is 14.7. The number of hydrogen-bond acceptors (Lipinski definition) is 2. The monoisotopic (exact) mass is 347 g/mol. The minimum absolute atomic E-state index is 0.176. The molecule has 26 heavy (non-hydrogen) atoms. The molecule has 0 bridgehead atoms. The molecule has 1 amide bonds. The Morgan fingerprint density at radius 2 is 1.65 bits per heavy atom. The lowest BCUT2D eigenvalue weighted by atomic mass is 10.1. The van der Waals surface area contributed by atoms with Crippen LogP contribution in [0.4, 0.5) is 0 Å². The molecule has 1 aromatic heterocycles. The van der Waals surface area contributed by atoms with Gasteiger partial charge < -0.3 is 4.90 Å². The van der Waals surface area contributed by atoms with Crippen molar-refractivity contribution in [3.8, 4) is 5.69 Å². The van der Waals surface area contributed by atoms with Crippen molar-refractivity contribution in [3.63, 3.8) is 0 Å². The molecular formula is C22H25N3O. The average molecular weight is 347 g/mol. The highest BCUT2D eigenvalue weighted by Gasteiger charge is 2.17. The Balaban J connectivity index is 1.61. The van der Waals surface area contributed by atoms with E-state index >= 15 is 0 Å². The number of aromatic nitrogens is 2. The first-order valence-corrected chi connectivity index (χ1v) is 9.06. The first kappa shape index (κ1) is 17.9. The number of para-hydroxylation sites is 1. The lowest BCUT2D eigenvalue weighted by molar-refractivity contribution is -0.133. The zero-order valence-corrected chi connectivity index (χ0v) is 15.4. The molecule has 3 rings (SSSR count). The van der Waals surface area contributed by atoms with Crippen LogP contribution in [0.1, 0.15) is 31.4 Å². The molecule has 0 saturated heterocycles. The van der Waals surface area contributed by atoms with E-state index in [4.69, 9.17) is 0 Å². The summed E-state index contributed by atoms with van der Waals surface area (Å²) in [7, 11) is 0. The number of carbonyl (C=O) groups is 1. The van der Waals surface area contributed by atoms with Gasteiger partial charge in [-0.1, -0.05) is 48.5 Å². The van der Waals surface area contributed by atoms with Crippen molar-refractivity contribution in [1.82, 2.24) is 14.7 Å². The Bertz CT molecular complexity index is 825. The third kappa shape index (κ3) is 4.60. The predicted octanol–water partition coefficient (Wildman–Crippen LogP) is 4.24. The van der Waals surface area contributed by atoms with Gasteiger partial charge in [0.25, 0.3) is 0 Å². The molecule has 0 atom stereocenters. The molecule has 0 aliphatic rings. The van der Waals surface area contributed by atoms with E-state index in [1.54, 1.807) is 0 Å². The highest BCUT2D eigenvalue weighted by atomic mass is 16.2. The highest BCUT2D eigenvalue weighted by Crippen LogP contribution is 2.13. The molecule has 0 radical (unpaired) electrons. The van der Waals surface area contributed by atoms with E-state index in [9.17, 15) is 4.79 Å². The fourth-order valence-electron chi connectivity index (χ4n) is 2.94. The smallest absolute Gasteiger partial charge is 0.223 e. The lowest BCUT2D eigenvalue weighted by Crippen LogP contribution is -2.36. The van der Waals surface area contributed by atoms with E-state index in [2.05, 4.69) is 31.1 Å². The van der Waals surface area contributed by atoms with Crippen LogP contribution in [0.2, 0.25) is 0 Å². The summed E-state index contributed by atoms with van der Waals surface area (Å²) >= 11 is 0. The van der Waals surface area contributed by atoms with E-state index in [0.29, 0.717) is 19.4 Å². The van der Waals surface area contributed by atoms with Gasteiger partial charge in [-0.15, -0.1) is 0 Å². The van der Waals surface area contributed by atoms with Gasteiger partial charge in [0.2, 0.25) is 5.91 Å². The molecule has 1 heterocycles. The fourth-order valence-corrected chi connectivity index (χ4v) is 2.94. The van der Waals surface area contributed by atoms with Crippen molar-refractivity contribution in [1.29, 1.82) is 0 Å². The number of nitrogens with zero attached hydrogens (tertiary/aromatic N) is 3. The molecule has 0 spiro atoms. The summed E-state index contributed by atoms with van der Waals surface area (Å²) in [5.74, 6) is 0.177. The molecule has 0 N–H and O–H groups in total. The Kier molecular flexibility index (Phi) is 5.84. The molecule has 0 aliphatic carbocycles. The largest absolute Gasteiger partial charge is 0.336 e. The Morgan fingerprint density at radius 1 is 1.00 bits per heavy atom. The van der Waals surface area contributed by atoms with Crippen LogP contribution in [0, 0.1) is 0 Å². The fraction of sp³-hybridized carbons (Fsp3) is 0.273. The van der Waals surface area contributed by atoms with Crippen molar-refractivity contribution in [3.05, 3.63) is 84.2 Å². The van der Waals surface area contributed by atoms with Gasteiger partial charge in [0, 0.05) is 25.2 Å². The van der Waals surface area contributed by atoms with Crippen LogP contribution in [-0.2, 0) is 17.8 Å². The van der Waals surface area contributed by atoms with E-state index in [0.717, 1.165) is 16.8 Å². The van der Waals surface area contributed by atoms with Crippen LogP contribution in [0.3, 0.4) is 0 Å². The number of hydrogen-bond donors (Lipinski definition) is 0. The van der Waals surface area contributed by atoms with Gasteiger partial charge in [-0.05, 0) is 43.5 Å². The van der Waals surface area contributed by atoms with E-state index in [-0.39, 0.29) is 11.9 Å². The second-order valence-corrected chi connectivity index (χ2v) is 6.73. The lowest BCUT2D eigenvalue weighted by Gasteiger charge is -2.27. The number of rotatable bonds is 7. The van der Waals surface area contributed by atoms with Crippen LogP contribution >= 0.6 is 0 Å². The van der Waals surface area contributed by atoms with Crippen LogP contribution in [0.25, 0.3) is 5.69 Å². The van der Waals surface area contributed by atoms with Crippen LogP contribution in [0.5, 0.6) is 0 Å². The van der Waals surface area contributed by atoms with Gasteiger partial charge in [0.1, 0.15) is 0 Å². The average Bonchev–Trinajstić information content (AvgIpc) is 3.14. The summed E-state index contributed by atoms with van der Waals surface area (Å²) in [6.07, 6.45) is 5.03. The summed E-state index contributed by atoms with van der Waals surface area (Å²) in [5.41, 5.74) is 3.26. The molecular weight excluding hydrogens is 322 g/mol. The molecule has 4 heteroatoms. The SMILES string of the molecule is CC(C)N(Cc1ccccc1)C(=O)CCc1cnn(-c2ccccc2)c1. The third-order valence-electron chi connectivity index (χ3n) is 4.42. The van der Waals surface area contributed by atoms with E-state index in [1.165, 1.54) is 0 Å². The number of aryl methyl sites for hydroxylation is 1. The van der Waals surface area contributed by atoms with E-state index in [1.807, 2.05) is 70.5 Å². The molecule has 0 saturated carbocycles. The molecule has 3 aromatic rings. The number of amides is 1. The second-order valence-electron chi connectivity index (χ2n) is 6.73. The number of benzene rings is 2. The van der Waals surface area contributed by atoms with Crippen molar-refractivity contribution < 1.29 is 4.79 Å². The molecule has 0 aliphatic heterocycles. The maximum atomic E-state index is 12.7. The Hall–Kier alpha value is -2.88. The molecule has 2 aromatic carbocycles. The van der Waals surface area contributed by atoms with Crippen molar-refractivity contribution in [2.45, 2.75) is 39.3 Å². The molecule has 4 nitrogen and oxygen atoms in total. The molecule has 0 unspecified atom stereocenters. The van der Waals surface area contributed by atoms with Gasteiger partial charge >= 0.3 is 0 Å². The molecule has 134 valence electrons. The normalized spacial score (nSPS) is 10.9. The maximum absolute atomic E-state index is 12.7. The first-order valence-electron chi connectivity index (χ1n) is 9.06. The predicted molar refractivity (Wildman–Crippen MR) is 104 cm³/mol. The van der Waals surface area contributed by atoms with Crippen molar-refractivity contribution in [2.24, 2.45) is 0 Å². The summed E-state index contributed by atoms with van der Waals surface area (Å²) in [6.45, 7) is 4.78. The number of carbonyl (C=O) groups excluding carboxylic acids is 1. The first-order chi connectivity index (χ1) is 12.6. The summed E-state index contributed by atoms with van der Waals surface area (Å²) in [6, 6.07) is 20.3. The Labute approximate surface area is 155 Å². The van der Waals surface area contributed by atoms with Crippen molar-refractivity contribution in [2.75, 3.05) is 0 Å².